The lowest BCUT2D eigenvalue weighted by atomic mass is 10.3. The lowest BCUT2D eigenvalue weighted by Crippen LogP contribution is -2.30. The lowest BCUT2D eigenvalue weighted by Gasteiger charge is -2.13. The third-order valence-electron chi connectivity index (χ3n) is 1.94. The van der Waals surface area contributed by atoms with Crippen LogP contribution < -0.4 is 4.74 Å². The van der Waals surface area contributed by atoms with Crippen LogP contribution in [0.15, 0.2) is 18.2 Å². The molecule has 0 heterocycles. The Bertz CT molecular complexity index is 395. The van der Waals surface area contributed by atoms with Crippen molar-refractivity contribution < 1.29 is 19.4 Å². The van der Waals surface area contributed by atoms with Gasteiger partial charge in [-0.15, -0.1) is 0 Å². The van der Waals surface area contributed by atoms with Crippen molar-refractivity contribution in [2.75, 3.05) is 13.2 Å². The molecule has 0 spiro atoms. The predicted octanol–water partition coefficient (Wildman–Crippen LogP) is 2.86. The van der Waals surface area contributed by atoms with E-state index in [2.05, 4.69) is 0 Å². The second kappa shape index (κ2) is 6.69. The summed E-state index contributed by atoms with van der Waals surface area (Å²) in [5.74, 6) is -0.614. The molecule has 1 atom stereocenters. The van der Waals surface area contributed by atoms with Gasteiger partial charge >= 0.3 is 5.97 Å². The fourth-order valence-corrected chi connectivity index (χ4v) is 1.42. The van der Waals surface area contributed by atoms with Gasteiger partial charge in [-0.3, -0.25) is 0 Å². The molecule has 1 N–H and O–H groups in total. The molecule has 0 aliphatic heterocycles. The molecule has 0 aromatic heterocycles. The van der Waals surface area contributed by atoms with Crippen LogP contribution in [0.1, 0.15) is 6.92 Å². The summed E-state index contributed by atoms with van der Waals surface area (Å²) in [6.07, 6.45) is -0.991. The van der Waals surface area contributed by atoms with Crippen molar-refractivity contribution >= 4 is 29.2 Å². The van der Waals surface area contributed by atoms with Gasteiger partial charge in [-0.05, 0) is 19.1 Å². The number of benzene rings is 1. The Morgan fingerprint density at radius 2 is 2.12 bits per heavy atom. The smallest absolute Gasteiger partial charge is 0.336 e. The molecule has 0 fully saturated rings. The largest absolute Gasteiger partial charge is 0.490 e. The van der Waals surface area contributed by atoms with E-state index in [1.165, 1.54) is 6.07 Å². The van der Waals surface area contributed by atoms with Gasteiger partial charge in [0.05, 0.1) is 10.0 Å². The first-order valence-corrected chi connectivity index (χ1v) is 5.72. The second-order valence-electron chi connectivity index (χ2n) is 3.17. The molecule has 17 heavy (non-hydrogen) atoms. The van der Waals surface area contributed by atoms with Crippen LogP contribution in [0.3, 0.4) is 0 Å². The van der Waals surface area contributed by atoms with Gasteiger partial charge < -0.3 is 14.6 Å². The molecule has 0 amide bonds. The summed E-state index contributed by atoms with van der Waals surface area (Å²) in [5.41, 5.74) is 0. The Balaban J connectivity index is 2.59. The summed E-state index contributed by atoms with van der Waals surface area (Å²) < 4.78 is 10.3. The summed E-state index contributed by atoms with van der Waals surface area (Å²) in [7, 11) is 0. The number of hydrogen-bond donors (Lipinski definition) is 1. The highest BCUT2D eigenvalue weighted by Crippen LogP contribution is 2.26. The van der Waals surface area contributed by atoms with Gasteiger partial charge in [0.2, 0.25) is 0 Å². The van der Waals surface area contributed by atoms with E-state index in [9.17, 15) is 4.79 Å². The zero-order valence-electron chi connectivity index (χ0n) is 9.15. The van der Waals surface area contributed by atoms with Gasteiger partial charge in [0.25, 0.3) is 0 Å². The number of carbonyl (C=O) groups is 1. The van der Waals surface area contributed by atoms with E-state index in [1.807, 2.05) is 0 Å². The van der Waals surface area contributed by atoms with Crippen molar-refractivity contribution in [3.63, 3.8) is 0 Å². The first-order chi connectivity index (χ1) is 8.04. The topological polar surface area (TPSA) is 55.8 Å². The highest BCUT2D eigenvalue weighted by atomic mass is 35.5. The Morgan fingerprint density at radius 3 is 2.65 bits per heavy atom. The van der Waals surface area contributed by atoms with E-state index in [4.69, 9.17) is 37.8 Å². The minimum Gasteiger partial charge on any atom is -0.490 e. The maximum absolute atomic E-state index is 10.8. The predicted molar refractivity (Wildman–Crippen MR) is 65.0 cm³/mol. The molecule has 0 radical (unpaired) electrons. The van der Waals surface area contributed by atoms with Gasteiger partial charge in [-0.2, -0.15) is 0 Å². The molecule has 1 rings (SSSR count). The quantitative estimate of drug-likeness (QED) is 0.869. The molecule has 0 bridgehead atoms. The van der Waals surface area contributed by atoms with Crippen molar-refractivity contribution in [1.82, 2.24) is 0 Å². The van der Waals surface area contributed by atoms with Crippen molar-refractivity contribution in [3.05, 3.63) is 28.2 Å². The Kier molecular flexibility index (Phi) is 5.55. The summed E-state index contributed by atoms with van der Waals surface area (Å²) in [5, 5.41) is 9.60. The Labute approximate surface area is 109 Å². The van der Waals surface area contributed by atoms with Gasteiger partial charge in [-0.25, -0.2) is 4.79 Å². The fourth-order valence-electron chi connectivity index (χ4n) is 1.13. The van der Waals surface area contributed by atoms with Crippen LogP contribution >= 0.6 is 23.2 Å². The van der Waals surface area contributed by atoms with Crippen LogP contribution in [0, 0.1) is 0 Å². The second-order valence-corrected chi connectivity index (χ2v) is 3.98. The number of carboxylic acid groups (broad SMARTS) is 1. The number of aliphatic carboxylic acids is 1. The van der Waals surface area contributed by atoms with Crippen LogP contribution in [0.2, 0.25) is 10.0 Å². The third-order valence-corrected chi connectivity index (χ3v) is 2.67. The molecular formula is C11H12Cl2O4. The molecule has 0 aliphatic carbocycles. The average Bonchev–Trinajstić information content (AvgIpc) is 2.28. The fraction of sp³-hybridized carbons (Fsp3) is 0.364. The monoisotopic (exact) mass is 278 g/mol. The standard InChI is InChI=1S/C11H12Cl2O4/c1-2-16-10(11(14)15)6-17-7-3-4-8(12)9(13)5-7/h3-5,10H,2,6H2,1H3,(H,14,15). The molecule has 0 saturated carbocycles. The maximum atomic E-state index is 10.8. The first-order valence-electron chi connectivity index (χ1n) is 4.96. The number of ether oxygens (including phenoxy) is 2. The van der Waals surface area contributed by atoms with Crippen LogP contribution in [-0.2, 0) is 9.53 Å². The number of hydrogen-bond acceptors (Lipinski definition) is 3. The number of halogens is 2. The molecule has 1 aromatic carbocycles. The van der Waals surface area contributed by atoms with E-state index < -0.39 is 12.1 Å². The van der Waals surface area contributed by atoms with Crippen LogP contribution in [0.5, 0.6) is 5.75 Å². The molecule has 4 nitrogen and oxygen atoms in total. The molecule has 94 valence electrons. The van der Waals surface area contributed by atoms with Crippen molar-refractivity contribution in [1.29, 1.82) is 0 Å². The van der Waals surface area contributed by atoms with Gasteiger partial charge in [-0.1, -0.05) is 23.2 Å². The first kappa shape index (κ1) is 14.1. The van der Waals surface area contributed by atoms with Crippen LogP contribution in [-0.4, -0.2) is 30.4 Å². The van der Waals surface area contributed by atoms with Gasteiger partial charge in [0.15, 0.2) is 6.10 Å². The molecule has 1 aromatic rings. The zero-order chi connectivity index (χ0) is 12.8. The molecular weight excluding hydrogens is 267 g/mol. The maximum Gasteiger partial charge on any atom is 0.336 e. The third kappa shape index (κ3) is 4.42. The van der Waals surface area contributed by atoms with E-state index in [0.29, 0.717) is 22.4 Å². The van der Waals surface area contributed by atoms with Crippen molar-refractivity contribution in [2.45, 2.75) is 13.0 Å². The van der Waals surface area contributed by atoms with E-state index in [1.54, 1.807) is 19.1 Å². The molecule has 1 unspecified atom stereocenters. The summed E-state index contributed by atoms with van der Waals surface area (Å²) in [6.45, 7) is 1.94. The number of rotatable bonds is 6. The molecule has 0 saturated heterocycles. The molecule has 6 heteroatoms. The number of carboxylic acids is 1. The van der Waals surface area contributed by atoms with Crippen LogP contribution in [0.25, 0.3) is 0 Å². The van der Waals surface area contributed by atoms with Crippen molar-refractivity contribution in [3.8, 4) is 5.75 Å². The van der Waals surface area contributed by atoms with Gasteiger partial charge in [0.1, 0.15) is 12.4 Å². The van der Waals surface area contributed by atoms with Crippen LogP contribution in [0.4, 0.5) is 0 Å². The van der Waals surface area contributed by atoms with E-state index in [0.717, 1.165) is 0 Å². The lowest BCUT2D eigenvalue weighted by molar-refractivity contribution is -0.152. The molecule has 0 aliphatic rings. The Hall–Kier alpha value is -0.970. The minimum atomic E-state index is -1.06. The average molecular weight is 279 g/mol. The van der Waals surface area contributed by atoms with E-state index >= 15 is 0 Å². The summed E-state index contributed by atoms with van der Waals surface area (Å²) in [6, 6.07) is 4.71. The normalized spacial score (nSPS) is 12.2. The van der Waals surface area contributed by atoms with Gasteiger partial charge in [0, 0.05) is 12.7 Å². The summed E-state index contributed by atoms with van der Waals surface area (Å²) in [4.78, 5) is 10.8. The zero-order valence-corrected chi connectivity index (χ0v) is 10.7. The van der Waals surface area contributed by atoms with Crippen molar-refractivity contribution in [2.24, 2.45) is 0 Å². The van der Waals surface area contributed by atoms with E-state index in [-0.39, 0.29) is 6.61 Å². The SMILES string of the molecule is CCOC(COc1ccc(Cl)c(Cl)c1)C(=O)O. The minimum absolute atomic E-state index is 0.0822. The Morgan fingerprint density at radius 1 is 1.41 bits per heavy atom. The highest BCUT2D eigenvalue weighted by molar-refractivity contribution is 6.42. The highest BCUT2D eigenvalue weighted by Gasteiger charge is 2.18. The summed E-state index contributed by atoms with van der Waals surface area (Å²) >= 11 is 11.5.